The molecule has 2 aliphatic rings. The van der Waals surface area contributed by atoms with E-state index in [1.54, 1.807) is 12.1 Å². The lowest BCUT2D eigenvalue weighted by molar-refractivity contribution is -0.121. The molecule has 1 aromatic rings. The molecule has 3 amide bonds. The second-order valence-corrected chi connectivity index (χ2v) is 6.77. The van der Waals surface area contributed by atoms with Crippen molar-refractivity contribution in [2.45, 2.75) is 45.4 Å². The molecule has 1 aliphatic heterocycles. The third-order valence-electron chi connectivity index (χ3n) is 4.84. The minimum Gasteiger partial charge on any atom is -0.356 e. The molecular formula is C20H24N2O3. The van der Waals surface area contributed by atoms with Crippen LogP contribution in [-0.2, 0) is 4.79 Å². The summed E-state index contributed by atoms with van der Waals surface area (Å²) in [4.78, 5) is 37.9. The van der Waals surface area contributed by atoms with Crippen LogP contribution >= 0.6 is 0 Å². The van der Waals surface area contributed by atoms with Gasteiger partial charge in [-0.3, -0.25) is 19.3 Å². The molecule has 0 unspecified atom stereocenters. The SMILES string of the molecule is Cc1ccc2c(c1)C(=O)N(CCC(=O)NCCC1=CCCCC1)C2=O. The molecule has 0 saturated heterocycles. The van der Waals surface area contributed by atoms with Gasteiger partial charge >= 0.3 is 0 Å². The van der Waals surface area contributed by atoms with E-state index in [-0.39, 0.29) is 30.7 Å². The fraction of sp³-hybridized carbons (Fsp3) is 0.450. The van der Waals surface area contributed by atoms with Crippen LogP contribution in [0.3, 0.4) is 0 Å². The first kappa shape index (κ1) is 17.4. The van der Waals surface area contributed by atoms with Crippen molar-refractivity contribution in [2.75, 3.05) is 13.1 Å². The number of rotatable bonds is 6. The van der Waals surface area contributed by atoms with Gasteiger partial charge in [-0.15, -0.1) is 0 Å². The molecule has 5 nitrogen and oxygen atoms in total. The number of carbonyl (C=O) groups is 3. The van der Waals surface area contributed by atoms with Gasteiger partial charge in [-0.2, -0.15) is 0 Å². The predicted molar refractivity (Wildman–Crippen MR) is 95.3 cm³/mol. The fourth-order valence-corrected chi connectivity index (χ4v) is 3.40. The third-order valence-corrected chi connectivity index (χ3v) is 4.84. The summed E-state index contributed by atoms with van der Waals surface area (Å²) in [6.07, 6.45) is 8.07. The second-order valence-electron chi connectivity index (χ2n) is 6.77. The van der Waals surface area contributed by atoms with Gasteiger partial charge in [0.2, 0.25) is 5.91 Å². The molecule has 0 saturated carbocycles. The van der Waals surface area contributed by atoms with Gasteiger partial charge in [0, 0.05) is 19.5 Å². The average Bonchev–Trinajstić information content (AvgIpc) is 2.84. The number of amides is 3. The Hall–Kier alpha value is -2.43. The van der Waals surface area contributed by atoms with Crippen molar-refractivity contribution in [2.24, 2.45) is 0 Å². The summed E-state index contributed by atoms with van der Waals surface area (Å²) in [5, 5.41) is 2.88. The molecule has 1 heterocycles. The summed E-state index contributed by atoms with van der Waals surface area (Å²) < 4.78 is 0. The van der Waals surface area contributed by atoms with Crippen LogP contribution in [0.2, 0.25) is 0 Å². The van der Waals surface area contributed by atoms with E-state index in [4.69, 9.17) is 0 Å². The lowest BCUT2D eigenvalue weighted by atomic mass is 9.97. The van der Waals surface area contributed by atoms with Crippen LogP contribution in [0.4, 0.5) is 0 Å². The number of fused-ring (bicyclic) bond motifs is 1. The van der Waals surface area contributed by atoms with Crippen LogP contribution < -0.4 is 5.32 Å². The average molecular weight is 340 g/mol. The topological polar surface area (TPSA) is 66.5 Å². The van der Waals surface area contributed by atoms with Crippen molar-refractivity contribution in [3.8, 4) is 0 Å². The van der Waals surface area contributed by atoms with Crippen LogP contribution in [0.1, 0.15) is 64.8 Å². The Morgan fingerprint density at radius 2 is 1.96 bits per heavy atom. The van der Waals surface area contributed by atoms with Crippen LogP contribution in [0, 0.1) is 6.92 Å². The minimum atomic E-state index is -0.305. The number of nitrogens with zero attached hydrogens (tertiary/aromatic N) is 1. The quantitative estimate of drug-likeness (QED) is 0.639. The Bertz CT molecular complexity index is 736. The second kappa shape index (κ2) is 7.64. The summed E-state index contributed by atoms with van der Waals surface area (Å²) in [6, 6.07) is 5.23. The molecule has 5 heteroatoms. The number of hydrogen-bond acceptors (Lipinski definition) is 3. The molecular weight excluding hydrogens is 316 g/mol. The number of allylic oxidation sites excluding steroid dienone is 1. The first-order valence-electron chi connectivity index (χ1n) is 8.97. The molecule has 0 fully saturated rings. The molecule has 0 spiro atoms. The Labute approximate surface area is 148 Å². The van der Waals surface area contributed by atoms with E-state index < -0.39 is 0 Å². The molecule has 0 atom stereocenters. The summed E-state index contributed by atoms with van der Waals surface area (Å²) in [5.74, 6) is -0.729. The van der Waals surface area contributed by atoms with E-state index >= 15 is 0 Å². The van der Waals surface area contributed by atoms with E-state index in [2.05, 4.69) is 11.4 Å². The number of aryl methyl sites for hydroxylation is 1. The molecule has 132 valence electrons. The van der Waals surface area contributed by atoms with E-state index in [9.17, 15) is 14.4 Å². The third kappa shape index (κ3) is 3.98. The largest absolute Gasteiger partial charge is 0.356 e. The van der Waals surface area contributed by atoms with Crippen LogP contribution in [-0.4, -0.2) is 35.7 Å². The predicted octanol–water partition coefficient (Wildman–Crippen LogP) is 2.99. The van der Waals surface area contributed by atoms with Gasteiger partial charge in [0.05, 0.1) is 11.1 Å². The number of benzene rings is 1. The van der Waals surface area contributed by atoms with Crippen molar-refractivity contribution < 1.29 is 14.4 Å². The molecule has 0 aromatic heterocycles. The minimum absolute atomic E-state index is 0.121. The molecule has 0 bridgehead atoms. The monoisotopic (exact) mass is 340 g/mol. The highest BCUT2D eigenvalue weighted by molar-refractivity contribution is 6.21. The van der Waals surface area contributed by atoms with Crippen LogP contribution in [0.25, 0.3) is 0 Å². The van der Waals surface area contributed by atoms with Gasteiger partial charge in [0.1, 0.15) is 0 Å². The van der Waals surface area contributed by atoms with Gasteiger partial charge in [-0.25, -0.2) is 0 Å². The highest BCUT2D eigenvalue weighted by atomic mass is 16.2. The van der Waals surface area contributed by atoms with Crippen LogP contribution in [0.5, 0.6) is 0 Å². The zero-order valence-electron chi connectivity index (χ0n) is 14.6. The van der Waals surface area contributed by atoms with Gasteiger partial charge in [-0.05, 0) is 51.2 Å². The fourth-order valence-electron chi connectivity index (χ4n) is 3.40. The van der Waals surface area contributed by atoms with Crippen molar-refractivity contribution in [1.82, 2.24) is 10.2 Å². The zero-order chi connectivity index (χ0) is 17.8. The Balaban J connectivity index is 1.47. The highest BCUT2D eigenvalue weighted by Crippen LogP contribution is 2.24. The normalized spacial score (nSPS) is 16.7. The summed E-state index contributed by atoms with van der Waals surface area (Å²) in [7, 11) is 0. The summed E-state index contributed by atoms with van der Waals surface area (Å²) >= 11 is 0. The molecule has 3 rings (SSSR count). The lowest BCUT2D eigenvalue weighted by Gasteiger charge is -2.15. The zero-order valence-corrected chi connectivity index (χ0v) is 14.6. The number of nitrogens with one attached hydrogen (secondary N) is 1. The molecule has 1 aromatic carbocycles. The summed E-state index contributed by atoms with van der Waals surface area (Å²) in [5.41, 5.74) is 3.23. The number of imide groups is 1. The maximum Gasteiger partial charge on any atom is 0.261 e. The Kier molecular flexibility index (Phi) is 5.31. The number of carbonyl (C=O) groups excluding carboxylic acids is 3. The standard InChI is InChI=1S/C20H24N2O3/c1-14-7-8-16-17(13-14)20(25)22(19(16)24)12-10-18(23)21-11-9-15-5-3-2-4-6-15/h5,7-8,13H,2-4,6,9-12H2,1H3,(H,21,23). The maximum atomic E-state index is 12.4. The van der Waals surface area contributed by atoms with E-state index in [0.29, 0.717) is 17.7 Å². The first-order valence-corrected chi connectivity index (χ1v) is 8.97. The first-order chi connectivity index (χ1) is 12.1. The molecule has 1 N–H and O–H groups in total. The Morgan fingerprint density at radius 1 is 1.16 bits per heavy atom. The van der Waals surface area contributed by atoms with Gasteiger partial charge in [0.15, 0.2) is 0 Å². The summed E-state index contributed by atoms with van der Waals surface area (Å²) in [6.45, 7) is 2.63. The van der Waals surface area contributed by atoms with Crippen LogP contribution in [0.15, 0.2) is 29.8 Å². The van der Waals surface area contributed by atoms with E-state index in [1.807, 2.05) is 13.0 Å². The molecule has 0 radical (unpaired) electrons. The lowest BCUT2D eigenvalue weighted by Crippen LogP contribution is -2.34. The van der Waals surface area contributed by atoms with Crippen molar-refractivity contribution in [1.29, 1.82) is 0 Å². The number of hydrogen-bond donors (Lipinski definition) is 1. The molecule has 25 heavy (non-hydrogen) atoms. The van der Waals surface area contributed by atoms with E-state index in [0.717, 1.165) is 24.8 Å². The highest BCUT2D eigenvalue weighted by Gasteiger charge is 2.35. The molecule has 1 aliphatic carbocycles. The maximum absolute atomic E-state index is 12.4. The van der Waals surface area contributed by atoms with Crippen molar-refractivity contribution >= 4 is 17.7 Å². The smallest absolute Gasteiger partial charge is 0.261 e. The van der Waals surface area contributed by atoms with Crippen molar-refractivity contribution in [3.63, 3.8) is 0 Å². The van der Waals surface area contributed by atoms with Crippen molar-refractivity contribution in [3.05, 3.63) is 46.5 Å². The Morgan fingerprint density at radius 3 is 2.72 bits per heavy atom. The van der Waals surface area contributed by atoms with Gasteiger partial charge in [-0.1, -0.05) is 23.3 Å². The van der Waals surface area contributed by atoms with E-state index in [1.165, 1.54) is 23.3 Å². The van der Waals surface area contributed by atoms with Gasteiger partial charge < -0.3 is 5.32 Å². The van der Waals surface area contributed by atoms with Gasteiger partial charge in [0.25, 0.3) is 11.8 Å².